The zero-order valence-electron chi connectivity index (χ0n) is 25.3. The van der Waals surface area contributed by atoms with Gasteiger partial charge in [-0.2, -0.15) is 17.6 Å². The lowest BCUT2D eigenvalue weighted by molar-refractivity contribution is -0.253. The van der Waals surface area contributed by atoms with Crippen molar-refractivity contribution in [2.45, 2.75) is 35.7 Å². The summed E-state index contributed by atoms with van der Waals surface area (Å²) in [5, 5.41) is 0.0644. The summed E-state index contributed by atoms with van der Waals surface area (Å²) >= 11 is 6.51. The van der Waals surface area contributed by atoms with Crippen molar-refractivity contribution in [2.75, 3.05) is 51.2 Å². The number of benzene rings is 3. The Morgan fingerprint density at radius 2 is 1.64 bits per heavy atom. The first-order valence-corrected chi connectivity index (χ1v) is 16.1. The molecule has 3 aromatic rings. The van der Waals surface area contributed by atoms with Crippen molar-refractivity contribution in [1.29, 1.82) is 0 Å². The van der Waals surface area contributed by atoms with Gasteiger partial charge in [-0.25, -0.2) is 17.1 Å². The molecule has 0 aliphatic carbocycles. The number of alkyl halides is 4. The molecule has 1 fully saturated rings. The monoisotopic (exact) mass is 723 g/mol. The summed E-state index contributed by atoms with van der Waals surface area (Å²) in [5.74, 6) is -2.38. The maximum absolute atomic E-state index is 15.7. The summed E-state index contributed by atoms with van der Waals surface area (Å²) in [5.41, 5.74) is -1.85. The first kappa shape index (κ1) is 36.7. The van der Waals surface area contributed by atoms with E-state index in [1.165, 1.54) is 37.4 Å². The van der Waals surface area contributed by atoms with Gasteiger partial charge in [-0.15, -0.1) is 12.4 Å². The number of piperazine rings is 1. The Bertz CT molecular complexity index is 1710. The number of carbonyl (C=O) groups excluding carboxylic acids is 1. The number of hydrogen-bond acceptors (Lipinski definition) is 7. The Morgan fingerprint density at radius 3 is 2.23 bits per heavy atom. The lowest BCUT2D eigenvalue weighted by Gasteiger charge is -2.34. The second kappa shape index (κ2) is 14.1. The summed E-state index contributed by atoms with van der Waals surface area (Å²) in [7, 11) is -1.48. The highest BCUT2D eigenvalue weighted by molar-refractivity contribution is 7.93. The number of sulfonamides is 1. The minimum absolute atomic E-state index is 0. The van der Waals surface area contributed by atoms with Crippen LogP contribution in [0.5, 0.6) is 11.5 Å². The first-order valence-electron chi connectivity index (χ1n) is 14.3. The molecule has 1 amide bonds. The molecule has 3 aromatic carbocycles. The Kier molecular flexibility index (Phi) is 11.0. The smallest absolute Gasteiger partial charge is 0.461 e. The van der Waals surface area contributed by atoms with Crippen LogP contribution in [0.4, 0.5) is 27.6 Å². The average molecular weight is 725 g/mol. The fourth-order valence-corrected chi connectivity index (χ4v) is 7.63. The third-order valence-electron chi connectivity index (χ3n) is 8.32. The quantitative estimate of drug-likeness (QED) is 0.218. The second-order valence-electron chi connectivity index (χ2n) is 11.1. The van der Waals surface area contributed by atoms with E-state index in [2.05, 4.69) is 14.5 Å². The molecule has 256 valence electrons. The molecule has 16 heteroatoms. The van der Waals surface area contributed by atoms with E-state index >= 15 is 4.39 Å². The molecule has 5 rings (SSSR count). The molecular weight excluding hydrogens is 692 g/mol. The molecule has 2 heterocycles. The second-order valence-corrected chi connectivity index (χ2v) is 13.3. The van der Waals surface area contributed by atoms with Gasteiger partial charge in [0.15, 0.2) is 0 Å². The summed E-state index contributed by atoms with van der Waals surface area (Å²) in [6.07, 6.45) is -8.52. The maximum atomic E-state index is 15.7. The minimum atomic E-state index is -4.82. The van der Waals surface area contributed by atoms with Gasteiger partial charge >= 0.3 is 12.5 Å². The highest BCUT2D eigenvalue weighted by Gasteiger charge is 2.57. The Morgan fingerprint density at radius 1 is 1.00 bits per heavy atom. The van der Waals surface area contributed by atoms with E-state index in [0.717, 1.165) is 50.4 Å². The Balaban J connectivity index is 0.00000500. The number of amides is 1. The Hall–Kier alpha value is -3.17. The molecule has 0 bridgehead atoms. The zero-order valence-corrected chi connectivity index (χ0v) is 27.7. The number of carbonyl (C=O) groups is 1. The van der Waals surface area contributed by atoms with E-state index in [4.69, 9.17) is 16.3 Å². The molecule has 1 unspecified atom stereocenters. The first-order chi connectivity index (χ1) is 21.7. The number of methoxy groups -OCH3 is 1. The predicted octanol–water partition coefficient (Wildman–Crippen LogP) is 6.20. The van der Waals surface area contributed by atoms with Crippen LogP contribution >= 0.6 is 24.0 Å². The lowest BCUT2D eigenvalue weighted by Crippen LogP contribution is -2.46. The van der Waals surface area contributed by atoms with E-state index in [1.54, 1.807) is 6.07 Å². The summed E-state index contributed by atoms with van der Waals surface area (Å²) in [6, 6.07) is 11.5. The molecule has 8 nitrogen and oxygen atoms in total. The number of hydrogen-bond donors (Lipinski definition) is 0. The number of likely N-dealkylation sites (N-methyl/N-ethyl adjacent to an activating group) is 1. The SMILES string of the molecule is COc1cc2c(cc1Cl)C(CCCN1CCN(C)CC1)(c1ccccc1F)C(=O)N2S(=O)(=O)c1ccc(OC(F)(F)C(F)F)cc1.Cl. The number of ether oxygens (including phenoxy) is 2. The summed E-state index contributed by atoms with van der Waals surface area (Å²) in [4.78, 5) is 18.6. The third kappa shape index (κ3) is 6.89. The van der Waals surface area contributed by atoms with Crippen LogP contribution in [0.3, 0.4) is 0 Å². The average Bonchev–Trinajstić information content (AvgIpc) is 3.25. The normalized spacial score (nSPS) is 19.1. The molecule has 2 aliphatic rings. The molecule has 0 spiro atoms. The molecule has 2 aliphatic heterocycles. The fourth-order valence-electron chi connectivity index (χ4n) is 5.92. The van der Waals surface area contributed by atoms with Gasteiger partial charge in [-0.1, -0.05) is 29.8 Å². The van der Waals surface area contributed by atoms with Crippen molar-refractivity contribution in [2.24, 2.45) is 0 Å². The van der Waals surface area contributed by atoms with Gasteiger partial charge in [0, 0.05) is 37.8 Å². The van der Waals surface area contributed by atoms with Crippen LogP contribution in [0.15, 0.2) is 65.6 Å². The molecule has 47 heavy (non-hydrogen) atoms. The minimum Gasteiger partial charge on any atom is -0.495 e. The number of anilines is 1. The topological polar surface area (TPSA) is 79.4 Å². The molecule has 1 saturated heterocycles. The van der Waals surface area contributed by atoms with Crippen LogP contribution in [0.25, 0.3) is 0 Å². The van der Waals surface area contributed by atoms with E-state index < -0.39 is 50.3 Å². The standard InChI is InChI=1S/C31H31ClF5N3O5S.ClH/c1-38-14-16-39(17-15-38)13-5-12-30(22-6-3-4-7-25(22)33)23-18-24(32)27(44-2)19-26(23)40(29(30)41)46(42,43)21-10-8-20(9-11-21)45-31(36,37)28(34)35;/h3-4,6-11,18-19,28H,5,12-17H2,1-2H3;1H. The predicted molar refractivity (Wildman–Crippen MR) is 168 cm³/mol. The van der Waals surface area contributed by atoms with Crippen molar-refractivity contribution < 1.29 is 44.6 Å². The number of nitrogens with zero attached hydrogens (tertiary/aromatic N) is 3. The molecular formula is C31H32Cl2F5N3O5S. The molecule has 0 N–H and O–H groups in total. The number of rotatable bonds is 11. The van der Waals surface area contributed by atoms with E-state index in [-0.39, 0.29) is 46.4 Å². The number of fused-ring (bicyclic) bond motifs is 1. The lowest BCUT2D eigenvalue weighted by atomic mass is 9.72. The van der Waals surface area contributed by atoms with Gasteiger partial charge in [0.05, 0.1) is 22.7 Å². The van der Waals surface area contributed by atoms with E-state index in [1.807, 2.05) is 7.05 Å². The largest absolute Gasteiger partial charge is 0.495 e. The molecule has 1 atom stereocenters. The highest BCUT2D eigenvalue weighted by atomic mass is 35.5. The van der Waals surface area contributed by atoms with Gasteiger partial charge in [-0.05, 0) is 68.4 Å². The molecule has 0 aromatic heterocycles. The van der Waals surface area contributed by atoms with Crippen LogP contribution in [0, 0.1) is 5.82 Å². The zero-order chi connectivity index (χ0) is 33.4. The van der Waals surface area contributed by atoms with Crippen molar-refractivity contribution in [3.05, 3.63) is 82.6 Å². The summed E-state index contributed by atoms with van der Waals surface area (Å²) < 4.78 is 106. The molecule has 0 radical (unpaired) electrons. The van der Waals surface area contributed by atoms with Crippen LogP contribution in [-0.2, 0) is 20.2 Å². The number of halogens is 7. The van der Waals surface area contributed by atoms with Crippen LogP contribution < -0.4 is 13.8 Å². The summed E-state index contributed by atoms with van der Waals surface area (Å²) in [6.45, 7) is 3.85. The van der Waals surface area contributed by atoms with Crippen molar-refractivity contribution in [3.63, 3.8) is 0 Å². The van der Waals surface area contributed by atoms with E-state index in [0.29, 0.717) is 17.3 Å². The fraction of sp³-hybridized carbons (Fsp3) is 0.387. The van der Waals surface area contributed by atoms with Crippen LogP contribution in [-0.4, -0.2) is 83.5 Å². The van der Waals surface area contributed by atoms with Gasteiger partial charge in [0.2, 0.25) is 0 Å². The van der Waals surface area contributed by atoms with Crippen molar-refractivity contribution in [1.82, 2.24) is 9.80 Å². The van der Waals surface area contributed by atoms with Gasteiger partial charge in [-0.3, -0.25) is 4.79 Å². The van der Waals surface area contributed by atoms with Gasteiger partial charge in [0.25, 0.3) is 15.9 Å². The van der Waals surface area contributed by atoms with Gasteiger partial charge in [0.1, 0.15) is 22.7 Å². The van der Waals surface area contributed by atoms with Crippen molar-refractivity contribution >= 4 is 45.6 Å². The van der Waals surface area contributed by atoms with E-state index in [9.17, 15) is 30.8 Å². The Labute approximate surface area is 280 Å². The highest BCUT2D eigenvalue weighted by Crippen LogP contribution is 2.53. The van der Waals surface area contributed by atoms with Gasteiger partial charge < -0.3 is 19.3 Å². The van der Waals surface area contributed by atoms with Crippen LogP contribution in [0.1, 0.15) is 24.0 Å². The third-order valence-corrected chi connectivity index (χ3v) is 10.3. The molecule has 0 saturated carbocycles. The maximum Gasteiger partial charge on any atom is 0.461 e. The van der Waals surface area contributed by atoms with Crippen LogP contribution in [0.2, 0.25) is 5.02 Å². The van der Waals surface area contributed by atoms with Crippen molar-refractivity contribution in [3.8, 4) is 11.5 Å².